The summed E-state index contributed by atoms with van der Waals surface area (Å²) in [5, 5.41) is 0. The average Bonchev–Trinajstić information content (AvgIpc) is 1.88. The summed E-state index contributed by atoms with van der Waals surface area (Å²) in [5.74, 6) is 0.779. The first-order valence-electron chi connectivity index (χ1n) is 4.02. The van der Waals surface area contributed by atoms with Crippen LogP contribution in [0.3, 0.4) is 0 Å². The van der Waals surface area contributed by atoms with Crippen LogP contribution in [0.1, 0.15) is 40.0 Å². The van der Waals surface area contributed by atoms with E-state index in [1.807, 2.05) is 6.92 Å². The van der Waals surface area contributed by atoms with Crippen LogP contribution >= 0.6 is 0 Å². The highest BCUT2D eigenvalue weighted by molar-refractivity contribution is 5.80. The van der Waals surface area contributed by atoms with Gasteiger partial charge in [-0.1, -0.05) is 20.3 Å². The molecule has 0 saturated heterocycles. The summed E-state index contributed by atoms with van der Waals surface area (Å²) in [6.45, 7) is 6.29. The lowest BCUT2D eigenvalue weighted by atomic mass is 10.2. The summed E-state index contributed by atoms with van der Waals surface area (Å²) in [6, 6.07) is 0.407. The zero-order valence-corrected chi connectivity index (χ0v) is 7.22. The molecule has 0 spiro atoms. The minimum Gasteiger partial charge on any atom is -0.387 e. The number of aliphatic imine (C=N–C) groups is 1. The Balaban J connectivity index is 3.62. The Morgan fingerprint density at radius 3 is 2.50 bits per heavy atom. The Labute approximate surface area is 63.5 Å². The van der Waals surface area contributed by atoms with Crippen LogP contribution in [0.5, 0.6) is 0 Å². The normalized spacial score (nSPS) is 15.3. The molecule has 1 unspecified atom stereocenters. The number of hydrogen-bond acceptors (Lipinski definition) is 1. The van der Waals surface area contributed by atoms with Crippen molar-refractivity contribution in [1.29, 1.82) is 0 Å². The molecule has 60 valence electrons. The Morgan fingerprint density at radius 1 is 1.50 bits per heavy atom. The van der Waals surface area contributed by atoms with Crippen LogP contribution in [0.25, 0.3) is 0 Å². The monoisotopic (exact) mass is 142 g/mol. The van der Waals surface area contributed by atoms with Gasteiger partial charge in [0.25, 0.3) is 0 Å². The molecule has 2 heteroatoms. The maximum atomic E-state index is 5.55. The third-order valence-electron chi connectivity index (χ3n) is 1.45. The fourth-order valence-corrected chi connectivity index (χ4v) is 0.857. The molecule has 0 aliphatic carbocycles. The van der Waals surface area contributed by atoms with Gasteiger partial charge >= 0.3 is 0 Å². The van der Waals surface area contributed by atoms with Gasteiger partial charge in [0.2, 0.25) is 0 Å². The highest BCUT2D eigenvalue weighted by Gasteiger charge is 1.96. The smallest absolute Gasteiger partial charge is 0.0937 e. The minimum atomic E-state index is 0.407. The van der Waals surface area contributed by atoms with Crippen LogP contribution < -0.4 is 5.73 Å². The largest absolute Gasteiger partial charge is 0.387 e. The van der Waals surface area contributed by atoms with Crippen LogP contribution in [-0.4, -0.2) is 11.9 Å². The molecular weight excluding hydrogens is 124 g/mol. The lowest BCUT2D eigenvalue weighted by Crippen LogP contribution is -2.13. The zero-order chi connectivity index (χ0) is 7.98. The summed E-state index contributed by atoms with van der Waals surface area (Å²) in [5.41, 5.74) is 5.55. The second-order valence-electron chi connectivity index (χ2n) is 2.61. The quantitative estimate of drug-likeness (QED) is 0.473. The first-order valence-corrected chi connectivity index (χ1v) is 4.02. The number of nitrogens with zero attached hydrogens (tertiary/aromatic N) is 1. The third-order valence-corrected chi connectivity index (χ3v) is 1.45. The van der Waals surface area contributed by atoms with Crippen molar-refractivity contribution in [2.45, 2.75) is 46.1 Å². The SMILES string of the molecule is CCCC(C)N=C(N)CC. The highest BCUT2D eigenvalue weighted by atomic mass is 14.9. The number of amidine groups is 1. The van der Waals surface area contributed by atoms with Crippen LogP contribution in [-0.2, 0) is 0 Å². The molecule has 2 nitrogen and oxygen atoms in total. The summed E-state index contributed by atoms with van der Waals surface area (Å²) >= 11 is 0. The Bertz CT molecular complexity index is 108. The lowest BCUT2D eigenvalue weighted by Gasteiger charge is -2.04. The predicted molar refractivity (Wildman–Crippen MR) is 46.3 cm³/mol. The third kappa shape index (κ3) is 4.36. The fraction of sp³-hybridized carbons (Fsp3) is 0.875. The lowest BCUT2D eigenvalue weighted by molar-refractivity contribution is 0.652. The Morgan fingerprint density at radius 2 is 2.10 bits per heavy atom. The molecule has 0 fully saturated rings. The Kier molecular flexibility index (Phi) is 4.99. The van der Waals surface area contributed by atoms with E-state index in [2.05, 4.69) is 18.8 Å². The molecule has 0 heterocycles. The van der Waals surface area contributed by atoms with Crippen molar-refractivity contribution in [3.63, 3.8) is 0 Å². The maximum absolute atomic E-state index is 5.55. The van der Waals surface area contributed by atoms with E-state index < -0.39 is 0 Å². The standard InChI is InChI=1S/C8H18N2/c1-4-6-7(3)10-8(9)5-2/h7H,4-6H2,1-3H3,(H2,9,10). The van der Waals surface area contributed by atoms with Gasteiger partial charge in [-0.05, 0) is 13.3 Å². The van der Waals surface area contributed by atoms with Crippen LogP contribution in [0.4, 0.5) is 0 Å². The van der Waals surface area contributed by atoms with E-state index in [1.165, 1.54) is 6.42 Å². The van der Waals surface area contributed by atoms with Crippen molar-refractivity contribution in [3.05, 3.63) is 0 Å². The summed E-state index contributed by atoms with van der Waals surface area (Å²) in [4.78, 5) is 4.28. The van der Waals surface area contributed by atoms with Gasteiger partial charge in [0.05, 0.1) is 5.84 Å². The molecule has 2 N–H and O–H groups in total. The molecule has 0 aromatic carbocycles. The van der Waals surface area contributed by atoms with Crippen molar-refractivity contribution < 1.29 is 0 Å². The zero-order valence-electron chi connectivity index (χ0n) is 7.22. The van der Waals surface area contributed by atoms with Gasteiger partial charge in [-0.3, -0.25) is 4.99 Å². The van der Waals surface area contributed by atoms with E-state index in [9.17, 15) is 0 Å². The molecule has 0 amide bonds. The molecule has 0 bridgehead atoms. The van der Waals surface area contributed by atoms with Gasteiger partial charge < -0.3 is 5.73 Å². The molecule has 0 saturated carbocycles. The summed E-state index contributed by atoms with van der Waals surface area (Å²) in [6.07, 6.45) is 3.19. The number of nitrogens with two attached hydrogens (primary N) is 1. The predicted octanol–water partition coefficient (Wildman–Crippen LogP) is 1.94. The minimum absolute atomic E-state index is 0.407. The van der Waals surface area contributed by atoms with Gasteiger partial charge in [-0.2, -0.15) is 0 Å². The summed E-state index contributed by atoms with van der Waals surface area (Å²) in [7, 11) is 0. The van der Waals surface area contributed by atoms with E-state index >= 15 is 0 Å². The van der Waals surface area contributed by atoms with Crippen molar-refractivity contribution in [2.24, 2.45) is 10.7 Å². The first-order chi connectivity index (χ1) is 4.70. The van der Waals surface area contributed by atoms with Gasteiger partial charge in [-0.25, -0.2) is 0 Å². The van der Waals surface area contributed by atoms with Crippen LogP contribution in [0, 0.1) is 0 Å². The molecule has 10 heavy (non-hydrogen) atoms. The van der Waals surface area contributed by atoms with E-state index in [0.717, 1.165) is 18.7 Å². The fourth-order valence-electron chi connectivity index (χ4n) is 0.857. The molecule has 1 atom stereocenters. The van der Waals surface area contributed by atoms with Crippen LogP contribution in [0.2, 0.25) is 0 Å². The van der Waals surface area contributed by atoms with Crippen molar-refractivity contribution in [1.82, 2.24) is 0 Å². The maximum Gasteiger partial charge on any atom is 0.0937 e. The number of hydrogen-bond donors (Lipinski definition) is 1. The van der Waals surface area contributed by atoms with E-state index in [0.29, 0.717) is 6.04 Å². The second kappa shape index (κ2) is 5.27. The van der Waals surface area contributed by atoms with E-state index in [4.69, 9.17) is 5.73 Å². The number of rotatable bonds is 4. The topological polar surface area (TPSA) is 38.4 Å². The first kappa shape index (κ1) is 9.47. The molecule has 0 rings (SSSR count). The molecule has 0 aromatic heterocycles. The molecular formula is C8H18N2. The highest BCUT2D eigenvalue weighted by Crippen LogP contribution is 1.99. The van der Waals surface area contributed by atoms with Gasteiger partial charge in [0.15, 0.2) is 0 Å². The van der Waals surface area contributed by atoms with Crippen molar-refractivity contribution in [2.75, 3.05) is 0 Å². The van der Waals surface area contributed by atoms with Crippen LogP contribution in [0.15, 0.2) is 4.99 Å². The average molecular weight is 142 g/mol. The molecule has 0 aliphatic heterocycles. The van der Waals surface area contributed by atoms with E-state index in [-0.39, 0.29) is 0 Å². The Hall–Kier alpha value is -0.530. The molecule has 0 aliphatic rings. The summed E-state index contributed by atoms with van der Waals surface area (Å²) < 4.78 is 0. The second-order valence-corrected chi connectivity index (χ2v) is 2.61. The van der Waals surface area contributed by atoms with Gasteiger partial charge in [0, 0.05) is 12.5 Å². The molecule has 0 aromatic rings. The van der Waals surface area contributed by atoms with E-state index in [1.54, 1.807) is 0 Å². The molecule has 0 radical (unpaired) electrons. The van der Waals surface area contributed by atoms with Crippen molar-refractivity contribution >= 4 is 5.84 Å². The van der Waals surface area contributed by atoms with Gasteiger partial charge in [0.1, 0.15) is 0 Å². The van der Waals surface area contributed by atoms with Crippen molar-refractivity contribution in [3.8, 4) is 0 Å². The van der Waals surface area contributed by atoms with Gasteiger partial charge in [-0.15, -0.1) is 0 Å².